The normalized spacial score (nSPS) is 16.4. The van der Waals surface area contributed by atoms with Gasteiger partial charge in [0.15, 0.2) is 11.5 Å². The molecular formula is C21H22Cl2N2O3. The van der Waals surface area contributed by atoms with Gasteiger partial charge in [0.05, 0.1) is 10.0 Å². The summed E-state index contributed by atoms with van der Waals surface area (Å²) >= 11 is 12.3. The highest BCUT2D eigenvalue weighted by molar-refractivity contribution is 6.42. The Balaban J connectivity index is 1.25. The number of rotatable bonds is 5. The van der Waals surface area contributed by atoms with Crippen molar-refractivity contribution < 1.29 is 14.3 Å². The van der Waals surface area contributed by atoms with Crippen molar-refractivity contribution in [2.24, 2.45) is 0 Å². The van der Waals surface area contributed by atoms with E-state index in [-0.39, 0.29) is 5.91 Å². The van der Waals surface area contributed by atoms with E-state index >= 15 is 0 Å². The van der Waals surface area contributed by atoms with Crippen molar-refractivity contribution in [2.75, 3.05) is 33.0 Å². The quantitative estimate of drug-likeness (QED) is 0.732. The van der Waals surface area contributed by atoms with Crippen LogP contribution in [0.2, 0.25) is 10.0 Å². The largest absolute Gasteiger partial charge is 0.454 e. The van der Waals surface area contributed by atoms with Crippen molar-refractivity contribution in [3.8, 4) is 11.5 Å². The van der Waals surface area contributed by atoms with E-state index in [1.807, 2.05) is 29.2 Å². The fraction of sp³-hybridized carbons (Fsp3) is 0.381. The molecule has 0 aromatic heterocycles. The first-order valence-corrected chi connectivity index (χ1v) is 10.2. The van der Waals surface area contributed by atoms with Crippen molar-refractivity contribution in [1.29, 1.82) is 0 Å². The van der Waals surface area contributed by atoms with E-state index in [0.717, 1.165) is 49.8 Å². The van der Waals surface area contributed by atoms with Crippen LogP contribution in [0.25, 0.3) is 0 Å². The Morgan fingerprint density at radius 1 is 1.00 bits per heavy atom. The second-order valence-corrected chi connectivity index (χ2v) is 7.84. The molecule has 2 aromatic rings. The van der Waals surface area contributed by atoms with Crippen LogP contribution in [0.5, 0.6) is 11.5 Å². The summed E-state index contributed by atoms with van der Waals surface area (Å²) < 4.78 is 10.8. The van der Waals surface area contributed by atoms with Crippen molar-refractivity contribution >= 4 is 29.1 Å². The Labute approximate surface area is 174 Å². The summed E-state index contributed by atoms with van der Waals surface area (Å²) in [5.41, 5.74) is 2.11. The van der Waals surface area contributed by atoms with Crippen LogP contribution in [0.3, 0.4) is 0 Å². The summed E-state index contributed by atoms with van der Waals surface area (Å²) in [7, 11) is 0. The molecule has 4 rings (SSSR count). The number of halogens is 2. The predicted octanol–water partition coefficient (Wildman–Crippen LogP) is 4.00. The molecule has 0 radical (unpaired) electrons. The SMILES string of the molecule is O=C(CCc1cccc(Cl)c1Cl)N1CCN(Cc2ccc3c(c2)OCO3)CC1. The minimum absolute atomic E-state index is 0.166. The fourth-order valence-electron chi connectivity index (χ4n) is 3.59. The Morgan fingerprint density at radius 2 is 1.79 bits per heavy atom. The van der Waals surface area contributed by atoms with E-state index < -0.39 is 0 Å². The van der Waals surface area contributed by atoms with Crippen molar-refractivity contribution in [3.63, 3.8) is 0 Å². The average molecular weight is 421 g/mol. The van der Waals surface area contributed by atoms with Crippen LogP contribution >= 0.6 is 23.2 Å². The van der Waals surface area contributed by atoms with Gasteiger partial charge in [-0.25, -0.2) is 0 Å². The summed E-state index contributed by atoms with van der Waals surface area (Å²) in [6.07, 6.45) is 1.05. The lowest BCUT2D eigenvalue weighted by Crippen LogP contribution is -2.48. The number of ether oxygens (including phenoxy) is 2. The Morgan fingerprint density at radius 3 is 2.61 bits per heavy atom. The standard InChI is InChI=1S/C21H22Cl2N2O3/c22-17-3-1-2-16(21(17)23)5-7-20(26)25-10-8-24(9-11-25)13-15-4-6-18-19(12-15)28-14-27-18/h1-4,6,12H,5,7-11,13-14H2. The molecule has 0 atom stereocenters. The molecule has 0 aliphatic carbocycles. The minimum atomic E-state index is 0.166. The van der Waals surface area contributed by atoms with Gasteiger partial charge in [0.2, 0.25) is 12.7 Å². The molecule has 1 saturated heterocycles. The molecule has 0 N–H and O–H groups in total. The smallest absolute Gasteiger partial charge is 0.231 e. The number of fused-ring (bicyclic) bond motifs is 1. The average Bonchev–Trinajstić information content (AvgIpc) is 3.17. The summed E-state index contributed by atoms with van der Waals surface area (Å²) in [5.74, 6) is 1.78. The number of hydrogen-bond acceptors (Lipinski definition) is 4. The number of aryl methyl sites for hydroxylation is 1. The van der Waals surface area contributed by atoms with Crippen molar-refractivity contribution in [2.45, 2.75) is 19.4 Å². The third-order valence-corrected chi connectivity index (χ3v) is 6.07. The van der Waals surface area contributed by atoms with E-state index in [4.69, 9.17) is 32.7 Å². The van der Waals surface area contributed by atoms with Gasteiger partial charge in [-0.05, 0) is 35.7 Å². The van der Waals surface area contributed by atoms with Crippen LogP contribution in [0.1, 0.15) is 17.5 Å². The molecule has 148 valence electrons. The molecule has 2 aromatic carbocycles. The molecule has 1 fully saturated rings. The lowest BCUT2D eigenvalue weighted by Gasteiger charge is -2.35. The van der Waals surface area contributed by atoms with Gasteiger partial charge >= 0.3 is 0 Å². The summed E-state index contributed by atoms with van der Waals surface area (Å²) in [5, 5.41) is 1.08. The highest BCUT2D eigenvalue weighted by Crippen LogP contribution is 2.33. The van der Waals surface area contributed by atoms with Gasteiger partial charge < -0.3 is 14.4 Å². The number of benzene rings is 2. The zero-order valence-corrected chi connectivity index (χ0v) is 17.0. The number of amides is 1. The van der Waals surface area contributed by atoms with Crippen LogP contribution in [0.4, 0.5) is 0 Å². The maximum atomic E-state index is 12.6. The molecule has 2 aliphatic heterocycles. The van der Waals surface area contributed by atoms with Gasteiger partial charge in [-0.15, -0.1) is 0 Å². The number of carbonyl (C=O) groups excluding carboxylic acids is 1. The Kier molecular flexibility index (Phi) is 5.95. The molecule has 0 bridgehead atoms. The molecule has 0 spiro atoms. The second-order valence-electron chi connectivity index (χ2n) is 7.06. The van der Waals surface area contributed by atoms with Gasteiger partial charge in [0.1, 0.15) is 0 Å². The lowest BCUT2D eigenvalue weighted by atomic mass is 10.1. The monoisotopic (exact) mass is 420 g/mol. The molecule has 5 nitrogen and oxygen atoms in total. The van der Waals surface area contributed by atoms with Crippen molar-refractivity contribution in [3.05, 3.63) is 57.6 Å². The van der Waals surface area contributed by atoms with Gasteiger partial charge in [-0.3, -0.25) is 9.69 Å². The predicted molar refractivity (Wildman–Crippen MR) is 109 cm³/mol. The van der Waals surface area contributed by atoms with Gasteiger partial charge in [0, 0.05) is 39.1 Å². The van der Waals surface area contributed by atoms with Crippen LogP contribution in [0.15, 0.2) is 36.4 Å². The molecule has 0 unspecified atom stereocenters. The zero-order chi connectivity index (χ0) is 19.5. The van der Waals surface area contributed by atoms with E-state index in [0.29, 0.717) is 29.7 Å². The first-order valence-electron chi connectivity index (χ1n) is 9.42. The first kappa shape index (κ1) is 19.4. The lowest BCUT2D eigenvalue weighted by molar-refractivity contribution is -0.133. The number of piperazine rings is 1. The fourth-order valence-corrected chi connectivity index (χ4v) is 4.01. The van der Waals surface area contributed by atoms with E-state index in [1.54, 1.807) is 6.07 Å². The summed E-state index contributed by atoms with van der Waals surface area (Å²) in [6.45, 7) is 4.34. The topological polar surface area (TPSA) is 42.0 Å². The Hall–Kier alpha value is -1.95. The molecule has 7 heteroatoms. The van der Waals surface area contributed by atoms with Crippen molar-refractivity contribution in [1.82, 2.24) is 9.80 Å². The van der Waals surface area contributed by atoms with Crippen LogP contribution in [0, 0.1) is 0 Å². The molecular weight excluding hydrogens is 399 g/mol. The number of hydrogen-bond donors (Lipinski definition) is 0. The maximum absolute atomic E-state index is 12.6. The third-order valence-electron chi connectivity index (χ3n) is 5.21. The third kappa shape index (κ3) is 4.37. The number of carbonyl (C=O) groups is 1. The van der Waals surface area contributed by atoms with E-state index in [9.17, 15) is 4.79 Å². The molecule has 2 aliphatic rings. The van der Waals surface area contributed by atoms with Crippen LogP contribution in [-0.2, 0) is 17.8 Å². The molecule has 1 amide bonds. The van der Waals surface area contributed by atoms with E-state index in [2.05, 4.69) is 11.0 Å². The first-order chi connectivity index (χ1) is 13.6. The molecule has 2 heterocycles. The number of nitrogens with zero attached hydrogens (tertiary/aromatic N) is 2. The minimum Gasteiger partial charge on any atom is -0.454 e. The van der Waals surface area contributed by atoms with Crippen LogP contribution < -0.4 is 9.47 Å². The zero-order valence-electron chi connectivity index (χ0n) is 15.5. The van der Waals surface area contributed by atoms with Gasteiger partial charge in [-0.2, -0.15) is 0 Å². The highest BCUT2D eigenvalue weighted by Gasteiger charge is 2.22. The van der Waals surface area contributed by atoms with Gasteiger partial charge in [0.25, 0.3) is 0 Å². The van der Waals surface area contributed by atoms with Gasteiger partial charge in [-0.1, -0.05) is 41.4 Å². The summed E-state index contributed by atoms with van der Waals surface area (Å²) in [4.78, 5) is 16.9. The maximum Gasteiger partial charge on any atom is 0.231 e. The Bertz CT molecular complexity index is 867. The van der Waals surface area contributed by atoms with E-state index in [1.165, 1.54) is 5.56 Å². The highest BCUT2D eigenvalue weighted by atomic mass is 35.5. The second kappa shape index (κ2) is 8.60. The summed E-state index contributed by atoms with van der Waals surface area (Å²) in [6, 6.07) is 11.6. The molecule has 0 saturated carbocycles. The molecule has 28 heavy (non-hydrogen) atoms. The van der Waals surface area contributed by atoms with Crippen LogP contribution in [-0.4, -0.2) is 48.7 Å².